The quantitative estimate of drug-likeness (QED) is 0.690. The summed E-state index contributed by atoms with van der Waals surface area (Å²) in [7, 11) is -3.81. The molecule has 1 rings (SSSR count). The van der Waals surface area contributed by atoms with Crippen LogP contribution in [-0.4, -0.2) is 26.2 Å². The monoisotopic (exact) mass is 276 g/mol. The fourth-order valence-corrected chi connectivity index (χ4v) is 2.75. The summed E-state index contributed by atoms with van der Waals surface area (Å²) in [6.45, 7) is 3.25. The fourth-order valence-electron chi connectivity index (χ4n) is 1.34. The predicted molar refractivity (Wildman–Crippen MR) is 66.8 cm³/mol. The number of nitrogen functional groups attached to an aromatic ring is 1. The maximum absolute atomic E-state index is 13.0. The van der Waals surface area contributed by atoms with Crippen molar-refractivity contribution in [3.8, 4) is 0 Å². The van der Waals surface area contributed by atoms with Crippen LogP contribution in [0.5, 0.6) is 0 Å². The molecule has 0 bridgehead atoms. The van der Waals surface area contributed by atoms with Crippen molar-refractivity contribution < 1.29 is 17.9 Å². The van der Waals surface area contributed by atoms with Gasteiger partial charge in [0.05, 0.1) is 17.2 Å². The molecule has 0 saturated heterocycles. The van der Waals surface area contributed by atoms with Crippen molar-refractivity contribution in [1.29, 1.82) is 0 Å². The van der Waals surface area contributed by atoms with E-state index in [9.17, 15) is 12.8 Å². The Kier molecular flexibility index (Phi) is 4.66. The molecule has 1 atom stereocenters. The third kappa shape index (κ3) is 3.41. The van der Waals surface area contributed by atoms with Gasteiger partial charge >= 0.3 is 0 Å². The molecule has 0 amide bonds. The average Bonchev–Trinajstić information content (AvgIpc) is 2.29. The van der Waals surface area contributed by atoms with E-state index in [1.54, 1.807) is 13.8 Å². The minimum absolute atomic E-state index is 0.0671. The van der Waals surface area contributed by atoms with E-state index in [0.717, 1.165) is 18.2 Å². The molecule has 0 aliphatic rings. The van der Waals surface area contributed by atoms with Crippen LogP contribution in [0.15, 0.2) is 23.1 Å². The van der Waals surface area contributed by atoms with Gasteiger partial charge < -0.3 is 10.8 Å². The molecule has 7 heteroatoms. The molecular weight excluding hydrogens is 259 g/mol. The van der Waals surface area contributed by atoms with Crippen molar-refractivity contribution in [1.82, 2.24) is 4.72 Å². The lowest BCUT2D eigenvalue weighted by Crippen LogP contribution is -2.41. The predicted octanol–water partition coefficient (Wildman–Crippen LogP) is 0.703. The number of rotatable bonds is 5. The number of nitrogens with one attached hydrogen (secondary N) is 1. The highest BCUT2D eigenvalue weighted by atomic mass is 32.2. The summed E-state index contributed by atoms with van der Waals surface area (Å²) in [5.41, 5.74) is 5.09. The Bertz CT molecular complexity index is 517. The third-order valence-electron chi connectivity index (χ3n) is 2.59. The molecular formula is C11H17FN2O3S. The largest absolute Gasteiger partial charge is 0.396 e. The Balaban J connectivity index is 3.02. The van der Waals surface area contributed by atoms with Crippen LogP contribution >= 0.6 is 0 Å². The first-order valence-electron chi connectivity index (χ1n) is 5.46. The van der Waals surface area contributed by atoms with Crippen molar-refractivity contribution in [2.24, 2.45) is 5.92 Å². The number of hydrogen-bond acceptors (Lipinski definition) is 4. The van der Waals surface area contributed by atoms with Gasteiger partial charge in [-0.3, -0.25) is 0 Å². The number of anilines is 1. The molecule has 0 saturated carbocycles. The topological polar surface area (TPSA) is 92.4 Å². The van der Waals surface area contributed by atoms with E-state index < -0.39 is 21.9 Å². The van der Waals surface area contributed by atoms with Crippen molar-refractivity contribution >= 4 is 15.7 Å². The van der Waals surface area contributed by atoms with Crippen LogP contribution in [0.25, 0.3) is 0 Å². The van der Waals surface area contributed by atoms with Gasteiger partial charge in [-0.2, -0.15) is 0 Å². The molecule has 0 heterocycles. The first-order chi connectivity index (χ1) is 8.27. The second-order valence-electron chi connectivity index (χ2n) is 4.34. The van der Waals surface area contributed by atoms with Gasteiger partial charge in [0.15, 0.2) is 0 Å². The molecule has 1 aromatic rings. The number of halogens is 1. The number of aliphatic hydroxyl groups is 1. The maximum atomic E-state index is 13.0. The molecule has 18 heavy (non-hydrogen) atoms. The normalized spacial score (nSPS) is 13.8. The molecule has 5 nitrogen and oxygen atoms in total. The standard InChI is InChI=1S/C11H17FN2O3S/c1-7(2)11(6-15)14-18(16,17)8-3-4-9(12)10(13)5-8/h3-5,7,11,14-15H,6,13H2,1-2H3/t11-/m1/s1. The molecule has 0 spiro atoms. The highest BCUT2D eigenvalue weighted by Gasteiger charge is 2.22. The van der Waals surface area contributed by atoms with Gasteiger partial charge in [0.2, 0.25) is 10.0 Å². The lowest BCUT2D eigenvalue weighted by atomic mass is 10.1. The maximum Gasteiger partial charge on any atom is 0.240 e. The second-order valence-corrected chi connectivity index (χ2v) is 6.05. The van der Waals surface area contributed by atoms with Gasteiger partial charge in [-0.25, -0.2) is 17.5 Å². The van der Waals surface area contributed by atoms with Crippen molar-refractivity contribution in [3.63, 3.8) is 0 Å². The Morgan fingerprint density at radius 1 is 1.44 bits per heavy atom. The van der Waals surface area contributed by atoms with Gasteiger partial charge in [0.1, 0.15) is 5.82 Å². The molecule has 1 aromatic carbocycles. The molecule has 0 aliphatic heterocycles. The summed E-state index contributed by atoms with van der Waals surface area (Å²) in [6.07, 6.45) is 0. The lowest BCUT2D eigenvalue weighted by molar-refractivity contribution is 0.227. The first-order valence-corrected chi connectivity index (χ1v) is 6.94. The van der Waals surface area contributed by atoms with E-state index in [1.807, 2.05) is 0 Å². The lowest BCUT2D eigenvalue weighted by Gasteiger charge is -2.19. The van der Waals surface area contributed by atoms with Gasteiger partial charge in [0.25, 0.3) is 0 Å². The van der Waals surface area contributed by atoms with Crippen LogP contribution in [0.3, 0.4) is 0 Å². The number of nitrogens with two attached hydrogens (primary N) is 1. The highest BCUT2D eigenvalue weighted by molar-refractivity contribution is 7.89. The number of sulfonamides is 1. The Hall–Kier alpha value is -1.18. The minimum atomic E-state index is -3.81. The van der Waals surface area contributed by atoms with Crippen LogP contribution in [0, 0.1) is 11.7 Å². The van der Waals surface area contributed by atoms with Crippen molar-refractivity contribution in [2.75, 3.05) is 12.3 Å². The molecule has 0 radical (unpaired) electrons. The van der Waals surface area contributed by atoms with Gasteiger partial charge in [-0.15, -0.1) is 0 Å². The summed E-state index contributed by atoms with van der Waals surface area (Å²) in [5, 5.41) is 9.09. The van der Waals surface area contributed by atoms with Crippen molar-refractivity contribution in [2.45, 2.75) is 24.8 Å². The van der Waals surface area contributed by atoms with Crippen LogP contribution < -0.4 is 10.5 Å². The van der Waals surface area contributed by atoms with Crippen LogP contribution in [0.4, 0.5) is 10.1 Å². The van der Waals surface area contributed by atoms with E-state index in [4.69, 9.17) is 10.8 Å². The highest BCUT2D eigenvalue weighted by Crippen LogP contribution is 2.17. The number of aliphatic hydroxyl groups excluding tert-OH is 1. The third-order valence-corrected chi connectivity index (χ3v) is 4.07. The van der Waals surface area contributed by atoms with Gasteiger partial charge in [-0.1, -0.05) is 13.8 Å². The van der Waals surface area contributed by atoms with E-state index in [0.29, 0.717) is 0 Å². The van der Waals surface area contributed by atoms with Gasteiger partial charge in [-0.05, 0) is 24.1 Å². The molecule has 0 aromatic heterocycles. The molecule has 4 N–H and O–H groups in total. The smallest absolute Gasteiger partial charge is 0.240 e. The second kappa shape index (κ2) is 5.64. The SMILES string of the molecule is CC(C)[C@@H](CO)NS(=O)(=O)c1ccc(F)c(N)c1. The Morgan fingerprint density at radius 3 is 2.50 bits per heavy atom. The van der Waals surface area contributed by atoms with E-state index in [2.05, 4.69) is 4.72 Å². The number of hydrogen-bond donors (Lipinski definition) is 3. The summed E-state index contributed by atoms with van der Waals surface area (Å²) in [6, 6.07) is 2.57. The van der Waals surface area contributed by atoms with E-state index >= 15 is 0 Å². The van der Waals surface area contributed by atoms with E-state index in [1.165, 1.54) is 0 Å². The summed E-state index contributed by atoms with van der Waals surface area (Å²) in [4.78, 5) is -0.125. The zero-order chi connectivity index (χ0) is 13.9. The summed E-state index contributed by atoms with van der Waals surface area (Å²) < 4.78 is 39.3. The molecule has 102 valence electrons. The first kappa shape index (κ1) is 14.9. The van der Waals surface area contributed by atoms with Crippen molar-refractivity contribution in [3.05, 3.63) is 24.0 Å². The zero-order valence-electron chi connectivity index (χ0n) is 10.2. The Morgan fingerprint density at radius 2 is 2.06 bits per heavy atom. The van der Waals surface area contributed by atoms with Gasteiger partial charge in [0, 0.05) is 6.04 Å². The fraction of sp³-hybridized carbons (Fsp3) is 0.455. The number of benzene rings is 1. The van der Waals surface area contributed by atoms with Crippen LogP contribution in [0.2, 0.25) is 0 Å². The minimum Gasteiger partial charge on any atom is -0.396 e. The average molecular weight is 276 g/mol. The zero-order valence-corrected chi connectivity index (χ0v) is 11.0. The van der Waals surface area contributed by atoms with Crippen LogP contribution in [0.1, 0.15) is 13.8 Å². The summed E-state index contributed by atoms with van der Waals surface area (Å²) >= 11 is 0. The van der Waals surface area contributed by atoms with E-state index in [-0.39, 0.29) is 23.1 Å². The summed E-state index contributed by atoms with van der Waals surface area (Å²) in [5.74, 6) is -0.737. The molecule has 0 fully saturated rings. The Labute approximate surface area is 106 Å². The molecule has 0 unspecified atom stereocenters. The molecule has 0 aliphatic carbocycles. The van der Waals surface area contributed by atoms with Crippen LogP contribution in [-0.2, 0) is 10.0 Å².